The van der Waals surface area contributed by atoms with Gasteiger partial charge in [0.15, 0.2) is 11.3 Å². The van der Waals surface area contributed by atoms with Crippen molar-refractivity contribution in [2.45, 2.75) is 23.7 Å². The zero-order valence-electron chi connectivity index (χ0n) is 11.9. The van der Waals surface area contributed by atoms with Gasteiger partial charge in [-0.25, -0.2) is 9.37 Å². The first-order chi connectivity index (χ1) is 11.1. The predicted octanol–water partition coefficient (Wildman–Crippen LogP) is 0.817. The molecule has 6 nitrogen and oxygen atoms in total. The molecule has 0 aromatic carbocycles. The number of halogens is 1. The Bertz CT molecular complexity index is 676. The highest BCUT2D eigenvalue weighted by molar-refractivity contribution is 7.99. The van der Waals surface area contributed by atoms with E-state index in [-0.39, 0.29) is 17.2 Å². The maximum atomic E-state index is 14.2. The Labute approximate surface area is 136 Å². The van der Waals surface area contributed by atoms with Crippen molar-refractivity contribution in [2.24, 2.45) is 0 Å². The summed E-state index contributed by atoms with van der Waals surface area (Å²) in [5, 5.41) is 29.0. The first-order valence-electron chi connectivity index (χ1n) is 6.94. The topological polar surface area (TPSA) is 95.7 Å². The van der Waals surface area contributed by atoms with E-state index in [4.69, 9.17) is 4.74 Å². The van der Waals surface area contributed by atoms with Crippen molar-refractivity contribution >= 4 is 11.8 Å². The molecule has 0 bridgehead atoms. The third-order valence-corrected chi connectivity index (χ3v) is 4.70. The van der Waals surface area contributed by atoms with Gasteiger partial charge in [0, 0.05) is 29.8 Å². The van der Waals surface area contributed by atoms with Crippen LogP contribution >= 0.6 is 11.8 Å². The number of rotatable bonds is 3. The molecule has 0 unspecified atom stereocenters. The molecule has 4 atom stereocenters. The smallest absolute Gasteiger partial charge is 0.173 e. The summed E-state index contributed by atoms with van der Waals surface area (Å²) < 4.78 is 19.7. The third-order valence-electron chi connectivity index (χ3n) is 3.46. The number of aliphatic hydroxyl groups excluding tert-OH is 3. The lowest BCUT2D eigenvalue weighted by molar-refractivity contribution is -0.0786. The van der Waals surface area contributed by atoms with Crippen LogP contribution in [0.5, 0.6) is 5.75 Å². The van der Waals surface area contributed by atoms with Gasteiger partial charge < -0.3 is 20.1 Å². The molecule has 3 rings (SSSR count). The van der Waals surface area contributed by atoms with Crippen LogP contribution in [0.3, 0.4) is 0 Å². The lowest BCUT2D eigenvalue weighted by Gasteiger charge is -2.34. The van der Waals surface area contributed by atoms with E-state index >= 15 is 0 Å². The van der Waals surface area contributed by atoms with Crippen LogP contribution in [0.2, 0.25) is 0 Å². The molecule has 1 aliphatic heterocycles. The molecule has 1 aliphatic rings. The monoisotopic (exact) mass is 338 g/mol. The molecule has 122 valence electrons. The number of ether oxygens (including phenoxy) is 1. The Morgan fingerprint density at radius 1 is 1.22 bits per heavy atom. The molecule has 3 N–H and O–H groups in total. The first kappa shape index (κ1) is 16.1. The first-order valence-corrected chi connectivity index (χ1v) is 7.99. The average molecular weight is 338 g/mol. The number of hydrogen-bond donors (Lipinski definition) is 3. The van der Waals surface area contributed by atoms with Crippen LogP contribution < -0.4 is 4.74 Å². The summed E-state index contributed by atoms with van der Waals surface area (Å²) in [6.45, 7) is 0. The largest absolute Gasteiger partial charge is 0.475 e. The summed E-state index contributed by atoms with van der Waals surface area (Å²) >= 11 is 1.14. The van der Waals surface area contributed by atoms with E-state index in [1.165, 1.54) is 18.5 Å². The predicted molar refractivity (Wildman–Crippen MR) is 82.3 cm³/mol. The van der Waals surface area contributed by atoms with Gasteiger partial charge in [0.1, 0.15) is 23.7 Å². The Kier molecular flexibility index (Phi) is 4.76. The Morgan fingerprint density at radius 3 is 2.74 bits per heavy atom. The number of aromatic nitrogens is 2. The zero-order chi connectivity index (χ0) is 16.4. The second-order valence-corrected chi connectivity index (χ2v) is 6.24. The maximum absolute atomic E-state index is 14.2. The molecule has 23 heavy (non-hydrogen) atoms. The van der Waals surface area contributed by atoms with E-state index < -0.39 is 29.6 Å². The normalized spacial score (nSPS) is 27.7. The molecule has 0 amide bonds. The van der Waals surface area contributed by atoms with E-state index in [2.05, 4.69) is 9.97 Å². The van der Waals surface area contributed by atoms with Gasteiger partial charge in [-0.1, -0.05) is 0 Å². The van der Waals surface area contributed by atoms with Crippen molar-refractivity contribution in [1.29, 1.82) is 0 Å². The minimum atomic E-state index is -1.30. The van der Waals surface area contributed by atoms with Gasteiger partial charge in [0.25, 0.3) is 0 Å². The van der Waals surface area contributed by atoms with Crippen LogP contribution in [0.25, 0.3) is 11.3 Å². The summed E-state index contributed by atoms with van der Waals surface area (Å²) in [6.07, 6.45) is 0.845. The number of pyridine rings is 2. The van der Waals surface area contributed by atoms with Crippen LogP contribution in [0.15, 0.2) is 36.8 Å². The fourth-order valence-corrected chi connectivity index (χ4v) is 3.34. The third kappa shape index (κ3) is 3.45. The maximum Gasteiger partial charge on any atom is 0.173 e. The minimum Gasteiger partial charge on any atom is -0.475 e. The van der Waals surface area contributed by atoms with Crippen molar-refractivity contribution in [3.05, 3.63) is 42.6 Å². The van der Waals surface area contributed by atoms with Gasteiger partial charge >= 0.3 is 0 Å². The van der Waals surface area contributed by atoms with Crippen LogP contribution in [0.4, 0.5) is 4.39 Å². The molecular formula is C15H15FN2O4S. The van der Waals surface area contributed by atoms with E-state index in [0.29, 0.717) is 5.56 Å². The van der Waals surface area contributed by atoms with Gasteiger partial charge in [-0.2, -0.15) is 0 Å². The quantitative estimate of drug-likeness (QED) is 0.762. The molecule has 2 aromatic rings. The molecule has 0 aliphatic carbocycles. The minimum absolute atomic E-state index is 0.135. The van der Waals surface area contributed by atoms with Crippen LogP contribution in [0.1, 0.15) is 0 Å². The fourth-order valence-electron chi connectivity index (χ4n) is 2.22. The molecular weight excluding hydrogens is 323 g/mol. The van der Waals surface area contributed by atoms with E-state index in [9.17, 15) is 19.7 Å². The molecule has 1 saturated heterocycles. The fraction of sp³-hybridized carbons (Fsp3) is 0.333. The second-order valence-electron chi connectivity index (χ2n) is 5.11. The molecule has 0 radical (unpaired) electrons. The molecule has 0 saturated carbocycles. The van der Waals surface area contributed by atoms with E-state index in [1.807, 2.05) is 0 Å². The Morgan fingerprint density at radius 2 is 2.04 bits per heavy atom. The standard InChI is InChI=1S/C15H15FN2O4S/c16-10-4-9(6-18-12(10)8-2-1-3-17-5-8)22-15-14(21)13(20)11(19)7-23-15/h1-6,11,13-15,19-21H,7H2/t11-,13+,14-,15-/m1/s1. The SMILES string of the molecule is O[C@@H]1[C@@H](O)[C@H](Oc2cnc(-c3cccnc3)c(F)c2)SC[C@H]1O. The van der Waals surface area contributed by atoms with Gasteiger partial charge in [0.05, 0.1) is 12.3 Å². The summed E-state index contributed by atoms with van der Waals surface area (Å²) in [4.78, 5) is 7.95. The Balaban J connectivity index is 1.76. The average Bonchev–Trinajstić information content (AvgIpc) is 2.56. The summed E-state index contributed by atoms with van der Waals surface area (Å²) in [5.74, 6) is -0.228. The second kappa shape index (κ2) is 6.79. The number of thioether (sulfide) groups is 1. The number of nitrogens with zero attached hydrogens (tertiary/aromatic N) is 2. The van der Waals surface area contributed by atoms with E-state index in [0.717, 1.165) is 11.8 Å². The van der Waals surface area contributed by atoms with Gasteiger partial charge in [0.2, 0.25) is 0 Å². The molecule has 1 fully saturated rings. The number of hydrogen-bond acceptors (Lipinski definition) is 7. The summed E-state index contributed by atoms with van der Waals surface area (Å²) in [6, 6.07) is 4.54. The summed E-state index contributed by atoms with van der Waals surface area (Å²) in [5.41, 5.74) is -0.112. The van der Waals surface area contributed by atoms with Crippen molar-refractivity contribution in [2.75, 3.05) is 5.75 Å². The summed E-state index contributed by atoms with van der Waals surface area (Å²) in [7, 11) is 0. The highest BCUT2D eigenvalue weighted by Crippen LogP contribution is 2.30. The zero-order valence-corrected chi connectivity index (χ0v) is 12.7. The molecule has 3 heterocycles. The Hall–Kier alpha value is -1.74. The van der Waals surface area contributed by atoms with Crippen LogP contribution in [0, 0.1) is 5.82 Å². The number of aliphatic hydroxyl groups is 3. The van der Waals surface area contributed by atoms with Crippen molar-refractivity contribution < 1.29 is 24.4 Å². The van der Waals surface area contributed by atoms with Crippen LogP contribution in [-0.2, 0) is 0 Å². The van der Waals surface area contributed by atoms with Crippen molar-refractivity contribution in [3.8, 4) is 17.0 Å². The lowest BCUT2D eigenvalue weighted by atomic mass is 10.1. The van der Waals surface area contributed by atoms with Crippen molar-refractivity contribution in [3.63, 3.8) is 0 Å². The molecule has 2 aromatic heterocycles. The van der Waals surface area contributed by atoms with Crippen LogP contribution in [-0.4, -0.2) is 54.8 Å². The lowest BCUT2D eigenvalue weighted by Crippen LogP contribution is -2.50. The van der Waals surface area contributed by atoms with E-state index in [1.54, 1.807) is 18.3 Å². The highest BCUT2D eigenvalue weighted by Gasteiger charge is 2.38. The highest BCUT2D eigenvalue weighted by atomic mass is 32.2. The van der Waals surface area contributed by atoms with Gasteiger partial charge in [-0.3, -0.25) is 4.98 Å². The van der Waals surface area contributed by atoms with Gasteiger partial charge in [-0.05, 0) is 12.1 Å². The van der Waals surface area contributed by atoms with Crippen molar-refractivity contribution in [1.82, 2.24) is 9.97 Å². The van der Waals surface area contributed by atoms with Gasteiger partial charge in [-0.15, -0.1) is 11.8 Å². The molecule has 8 heteroatoms. The molecule has 0 spiro atoms.